The number of thioether (sulfide) groups is 2. The minimum absolute atomic E-state index is 0. The molecule has 2 aliphatic heterocycles. The van der Waals surface area contributed by atoms with Gasteiger partial charge in [-0.1, -0.05) is 11.8 Å². The van der Waals surface area contributed by atoms with Crippen molar-refractivity contribution >= 4 is 45.5 Å². The second-order valence-electron chi connectivity index (χ2n) is 5.11. The third kappa shape index (κ3) is 5.48. The van der Waals surface area contributed by atoms with Gasteiger partial charge in [-0.15, -0.1) is 16.9 Å². The Hall–Kier alpha value is 0.320. The van der Waals surface area contributed by atoms with Crippen molar-refractivity contribution in [2.24, 2.45) is 5.73 Å². The maximum Gasteiger partial charge on any atom is 1.00 e. The van der Waals surface area contributed by atoms with E-state index in [1.807, 2.05) is 0 Å². The van der Waals surface area contributed by atoms with Crippen LogP contribution in [0.2, 0.25) is 0 Å². The van der Waals surface area contributed by atoms with Crippen LogP contribution in [0.5, 0.6) is 0 Å². The Morgan fingerprint density at radius 1 is 1.41 bits per heavy atom. The fraction of sp³-hybridized carbons (Fsp3) is 0.500. The number of tetrazole rings is 1. The summed E-state index contributed by atoms with van der Waals surface area (Å²) >= 11 is 2.26. The number of amides is 1. The molecule has 0 bridgehead atoms. The first-order chi connectivity index (χ1) is 11.7. The number of hydrogen-bond donors (Lipinski definition) is 1. The molecule has 2 N–H and O–H groups in total. The summed E-state index contributed by atoms with van der Waals surface area (Å²) in [5, 5.41) is 21.3. The van der Waals surface area contributed by atoms with Gasteiger partial charge in [-0.25, -0.2) is 13.1 Å². The van der Waals surface area contributed by atoms with Gasteiger partial charge in [-0.3, -0.25) is 9.69 Å². The predicted octanol–water partition coefficient (Wildman–Crippen LogP) is -9.48. The van der Waals surface area contributed by atoms with E-state index in [0.29, 0.717) is 11.3 Å². The molecule has 2 aliphatic rings. The summed E-state index contributed by atoms with van der Waals surface area (Å²) in [7, 11) is -4.59. The third-order valence-corrected chi connectivity index (χ3v) is 6.40. The Labute approximate surface area is 206 Å². The molecule has 3 heterocycles. The molecule has 12 nitrogen and oxygen atoms in total. The molecule has 1 aromatic rings. The van der Waals surface area contributed by atoms with Crippen LogP contribution in [0.3, 0.4) is 0 Å². The molecule has 0 spiro atoms. The van der Waals surface area contributed by atoms with E-state index in [1.165, 1.54) is 11.8 Å². The van der Waals surface area contributed by atoms with Gasteiger partial charge in [-0.2, -0.15) is 0 Å². The Morgan fingerprint density at radius 2 is 2.07 bits per heavy atom. The van der Waals surface area contributed by atoms with E-state index in [0.717, 1.165) is 21.3 Å². The van der Waals surface area contributed by atoms with E-state index in [9.17, 15) is 27.7 Å². The van der Waals surface area contributed by atoms with Gasteiger partial charge in [0, 0.05) is 11.5 Å². The van der Waals surface area contributed by atoms with Gasteiger partial charge in [0.2, 0.25) is 11.1 Å². The van der Waals surface area contributed by atoms with E-state index in [4.69, 9.17) is 5.73 Å². The fourth-order valence-electron chi connectivity index (χ4n) is 2.36. The van der Waals surface area contributed by atoms with Crippen molar-refractivity contribution in [3.05, 3.63) is 11.3 Å². The number of carbonyl (C=O) groups excluding carboxylic acids is 2. The van der Waals surface area contributed by atoms with Crippen LogP contribution in [0.15, 0.2) is 16.4 Å². The van der Waals surface area contributed by atoms with Crippen molar-refractivity contribution in [1.29, 1.82) is 0 Å². The maximum atomic E-state index is 11.8. The number of carboxylic acids is 1. The summed E-state index contributed by atoms with van der Waals surface area (Å²) in [6.07, 6.45) is 0. The summed E-state index contributed by atoms with van der Waals surface area (Å²) in [6.45, 7) is 0. The first-order valence-electron chi connectivity index (χ1n) is 6.65. The Balaban J connectivity index is 0.00000182. The van der Waals surface area contributed by atoms with Crippen LogP contribution < -0.4 is 70.0 Å². The molecule has 27 heavy (non-hydrogen) atoms. The van der Waals surface area contributed by atoms with Gasteiger partial charge < -0.3 is 20.2 Å². The molecule has 0 saturated carbocycles. The van der Waals surface area contributed by atoms with Crippen molar-refractivity contribution in [1.82, 2.24) is 25.1 Å². The fourth-order valence-corrected chi connectivity index (χ4v) is 5.23. The van der Waals surface area contributed by atoms with Crippen molar-refractivity contribution in [2.45, 2.75) is 22.4 Å². The van der Waals surface area contributed by atoms with Gasteiger partial charge >= 0.3 is 59.1 Å². The van der Waals surface area contributed by atoms with Crippen LogP contribution in [0.25, 0.3) is 0 Å². The van der Waals surface area contributed by atoms with Gasteiger partial charge in [0.15, 0.2) is 0 Å². The van der Waals surface area contributed by atoms with Gasteiger partial charge in [0.1, 0.15) is 27.4 Å². The number of β-lactam (4-membered cyclic amide) rings is 1. The van der Waals surface area contributed by atoms with Crippen LogP contribution in [-0.2, 0) is 25.6 Å². The molecule has 1 amide bonds. The molecule has 0 aliphatic carbocycles. The normalized spacial score (nSPS) is 21.7. The second-order valence-corrected chi connectivity index (χ2v) is 8.53. The topological polar surface area (TPSA) is 187 Å². The number of hydrogen-bond acceptors (Lipinski definition) is 12. The number of nitrogens with two attached hydrogens (primary N) is 1. The minimum Gasteiger partial charge on any atom is -0.747 e. The molecule has 136 valence electrons. The zero-order valence-electron chi connectivity index (χ0n) is 14.3. The van der Waals surface area contributed by atoms with Crippen molar-refractivity contribution in [3.63, 3.8) is 0 Å². The first-order valence-corrected chi connectivity index (χ1v) is 10.3. The van der Waals surface area contributed by atoms with Crippen LogP contribution >= 0.6 is 23.5 Å². The smallest absolute Gasteiger partial charge is 0.747 e. The number of fused-ring (bicyclic) bond motifs is 1. The molecule has 1 unspecified atom stereocenters. The molecule has 3 rings (SSSR count). The Kier molecular flexibility index (Phi) is 9.28. The molecule has 2 atom stereocenters. The predicted molar refractivity (Wildman–Crippen MR) is 81.3 cm³/mol. The maximum absolute atomic E-state index is 11.8. The average Bonchev–Trinajstić information content (AvgIpc) is 2.96. The van der Waals surface area contributed by atoms with Crippen molar-refractivity contribution in [2.75, 3.05) is 11.5 Å². The summed E-state index contributed by atoms with van der Waals surface area (Å²) < 4.78 is 33.2. The molecule has 1 saturated heterocycles. The molecule has 1 fully saturated rings. The van der Waals surface area contributed by atoms with E-state index < -0.39 is 39.3 Å². The Morgan fingerprint density at radius 3 is 2.67 bits per heavy atom. The van der Waals surface area contributed by atoms with Gasteiger partial charge in [-0.05, 0) is 16.0 Å². The minimum atomic E-state index is -4.59. The van der Waals surface area contributed by atoms with Crippen molar-refractivity contribution in [3.8, 4) is 0 Å². The van der Waals surface area contributed by atoms with Gasteiger partial charge in [0.25, 0.3) is 0 Å². The molecule has 17 heteroatoms. The summed E-state index contributed by atoms with van der Waals surface area (Å²) in [6, 6.07) is -0.747. The zero-order chi connectivity index (χ0) is 18.4. The number of rotatable bonds is 6. The monoisotopic (exact) mass is 452 g/mol. The molecule has 0 aromatic carbocycles. The van der Waals surface area contributed by atoms with E-state index in [1.54, 1.807) is 0 Å². The van der Waals surface area contributed by atoms with Gasteiger partial charge in [0.05, 0.1) is 11.7 Å². The SMILES string of the molecule is NC1C(=O)N2C(C(=O)[O-])=C(CSc3nnnn3CS(=O)(=O)[O-])CS[C@@H]12.[Na+].[Na+]. The van der Waals surface area contributed by atoms with E-state index in [2.05, 4.69) is 15.5 Å². The van der Waals surface area contributed by atoms with Crippen LogP contribution in [0.1, 0.15) is 0 Å². The summed E-state index contributed by atoms with van der Waals surface area (Å²) in [4.78, 5) is 24.3. The number of carboxylic acid groups (broad SMARTS) is 1. The number of nitrogens with zero attached hydrogens (tertiary/aromatic N) is 5. The van der Waals surface area contributed by atoms with Crippen LogP contribution in [0.4, 0.5) is 0 Å². The van der Waals surface area contributed by atoms with E-state index >= 15 is 0 Å². The average molecular weight is 452 g/mol. The zero-order valence-corrected chi connectivity index (χ0v) is 20.7. The van der Waals surface area contributed by atoms with Crippen LogP contribution in [-0.4, -0.2) is 72.9 Å². The second kappa shape index (κ2) is 9.88. The van der Waals surface area contributed by atoms with Crippen LogP contribution in [0, 0.1) is 0 Å². The standard InChI is InChI=1S/C10H12N6O6S3.2Na/c11-5-7(17)16-6(9(18)19)4(1-23-8(5)16)2-24-10-12-13-14-15(10)3-25(20,21)22;;/h5,8H,1-3,11H2,(H,18,19)(H,20,21,22);;/q;2*+1/p-2/t5?,8-;;/m0../s1. The number of aromatic nitrogens is 4. The quantitative estimate of drug-likeness (QED) is 0.186. The number of carbonyl (C=O) groups is 2. The summed E-state index contributed by atoms with van der Waals surface area (Å²) in [5.41, 5.74) is 5.80. The molecule has 1 aromatic heterocycles. The van der Waals surface area contributed by atoms with E-state index in [-0.39, 0.29) is 75.7 Å². The molecular formula is C10H10N6Na2O6S3. The molecule has 0 radical (unpaired) electrons. The number of aliphatic carboxylic acids is 1. The Bertz CT molecular complexity index is 877. The molecular weight excluding hydrogens is 442 g/mol. The first kappa shape index (κ1) is 25.4. The van der Waals surface area contributed by atoms with Crippen molar-refractivity contribution < 1.29 is 86.8 Å². The summed E-state index contributed by atoms with van der Waals surface area (Å²) in [5.74, 6) is -2.56. The third-order valence-electron chi connectivity index (χ3n) is 3.44. The largest absolute Gasteiger partial charge is 1.00 e.